The van der Waals surface area contributed by atoms with Crippen LogP contribution in [0, 0.1) is 0 Å². The van der Waals surface area contributed by atoms with Crippen LogP contribution in [0.15, 0.2) is 53.7 Å². The van der Waals surface area contributed by atoms with Crippen LogP contribution in [0.4, 0.5) is 13.2 Å². The largest absolute Gasteiger partial charge is 0.416 e. The minimum Gasteiger partial charge on any atom is -0.356 e. The first-order valence-corrected chi connectivity index (χ1v) is 9.25. The predicted molar refractivity (Wildman–Crippen MR) is 121 cm³/mol. The summed E-state index contributed by atoms with van der Waals surface area (Å²) in [5, 5.41) is 11.6. The van der Waals surface area contributed by atoms with Gasteiger partial charge in [-0.05, 0) is 36.2 Å². The molecule has 0 unspecified atom stereocenters. The first kappa shape index (κ1) is 23.9. The number of fused-ring (bicyclic) bond motifs is 1. The lowest BCUT2D eigenvalue weighted by Crippen LogP contribution is -2.39. The van der Waals surface area contributed by atoms with Crippen molar-refractivity contribution in [1.82, 2.24) is 24.8 Å². The Labute approximate surface area is 190 Å². The number of benzene rings is 1. The first-order chi connectivity index (χ1) is 13.9. The van der Waals surface area contributed by atoms with Crippen molar-refractivity contribution in [3.63, 3.8) is 0 Å². The molecule has 0 fully saturated rings. The van der Waals surface area contributed by atoms with E-state index in [1.54, 1.807) is 7.05 Å². The molecule has 0 aliphatic carbocycles. The second-order valence-corrected chi connectivity index (χ2v) is 6.67. The van der Waals surface area contributed by atoms with Crippen LogP contribution in [-0.2, 0) is 19.1 Å². The summed E-state index contributed by atoms with van der Waals surface area (Å²) in [4.78, 5) is 6.11. The molecule has 0 spiro atoms. The third-order valence-electron chi connectivity index (χ3n) is 4.52. The van der Waals surface area contributed by atoms with Crippen LogP contribution < -0.4 is 5.32 Å². The Hall–Kier alpha value is -2.37. The molecule has 2 heterocycles. The minimum absolute atomic E-state index is 0. The van der Waals surface area contributed by atoms with Gasteiger partial charge in [0.25, 0.3) is 0 Å². The zero-order chi connectivity index (χ0) is 20.9. The molecule has 0 amide bonds. The number of nitrogens with one attached hydrogen (secondary N) is 1. The normalized spacial score (nSPS) is 12.0. The van der Waals surface area contributed by atoms with E-state index in [0.717, 1.165) is 42.0 Å². The van der Waals surface area contributed by atoms with Gasteiger partial charge in [0.05, 0.1) is 5.56 Å². The zero-order valence-corrected chi connectivity index (χ0v) is 19.1. The van der Waals surface area contributed by atoms with Gasteiger partial charge in [-0.25, -0.2) is 0 Å². The van der Waals surface area contributed by atoms with Gasteiger partial charge in [0.1, 0.15) is 5.82 Å². The fourth-order valence-electron chi connectivity index (χ4n) is 3.04. The molecule has 30 heavy (non-hydrogen) atoms. The summed E-state index contributed by atoms with van der Waals surface area (Å²) < 4.78 is 40.0. The molecule has 3 aromatic rings. The van der Waals surface area contributed by atoms with E-state index in [2.05, 4.69) is 20.5 Å². The number of aromatic nitrogens is 3. The van der Waals surface area contributed by atoms with Crippen molar-refractivity contribution in [2.45, 2.75) is 25.6 Å². The molecule has 1 aromatic carbocycles. The molecule has 0 aliphatic heterocycles. The average molecular weight is 532 g/mol. The summed E-state index contributed by atoms with van der Waals surface area (Å²) in [5.74, 6) is 1.58. The molecule has 0 bridgehead atoms. The highest BCUT2D eigenvalue weighted by Gasteiger charge is 2.29. The number of nitrogens with zero attached hydrogens (tertiary/aromatic N) is 5. The number of halogens is 4. The number of hydrogen-bond acceptors (Lipinski definition) is 3. The SMILES string of the molecule is CN=C(NCCCc1nnc2ccccn12)N(C)Cc1ccc(C(F)(F)F)cc1.I. The fourth-order valence-corrected chi connectivity index (χ4v) is 3.04. The number of aryl methyl sites for hydroxylation is 1. The van der Waals surface area contributed by atoms with E-state index in [0.29, 0.717) is 19.0 Å². The lowest BCUT2D eigenvalue weighted by molar-refractivity contribution is -0.137. The number of alkyl halides is 3. The second-order valence-electron chi connectivity index (χ2n) is 6.67. The van der Waals surface area contributed by atoms with Gasteiger partial charge in [0.2, 0.25) is 0 Å². The van der Waals surface area contributed by atoms with E-state index in [4.69, 9.17) is 0 Å². The van der Waals surface area contributed by atoms with E-state index in [1.165, 1.54) is 12.1 Å². The summed E-state index contributed by atoms with van der Waals surface area (Å²) in [5.41, 5.74) is 0.952. The van der Waals surface area contributed by atoms with Crippen molar-refractivity contribution in [3.05, 3.63) is 65.6 Å². The van der Waals surface area contributed by atoms with Crippen molar-refractivity contribution in [1.29, 1.82) is 0 Å². The van der Waals surface area contributed by atoms with Gasteiger partial charge in [-0.1, -0.05) is 18.2 Å². The van der Waals surface area contributed by atoms with Crippen molar-refractivity contribution >= 4 is 35.6 Å². The van der Waals surface area contributed by atoms with Crippen LogP contribution >= 0.6 is 24.0 Å². The van der Waals surface area contributed by atoms with Gasteiger partial charge in [-0.15, -0.1) is 34.2 Å². The number of aliphatic imine (C=N–C) groups is 1. The van der Waals surface area contributed by atoms with Gasteiger partial charge < -0.3 is 10.2 Å². The molecule has 6 nitrogen and oxygen atoms in total. The van der Waals surface area contributed by atoms with Gasteiger partial charge in [-0.3, -0.25) is 9.39 Å². The molecule has 10 heteroatoms. The standard InChI is InChI=1S/C20H23F3N6.HI/c1-24-19(28(2)14-15-8-10-16(11-9-15)20(21,22)23)25-12-5-7-18-27-26-17-6-3-4-13-29(17)18;/h3-4,6,8-11,13H,5,7,12,14H2,1-2H3,(H,24,25);1H. The van der Waals surface area contributed by atoms with Crippen molar-refractivity contribution in [2.75, 3.05) is 20.6 Å². The van der Waals surface area contributed by atoms with Gasteiger partial charge in [-0.2, -0.15) is 13.2 Å². The second kappa shape index (κ2) is 10.6. The molecule has 0 saturated carbocycles. The lowest BCUT2D eigenvalue weighted by atomic mass is 10.1. The number of hydrogen-bond donors (Lipinski definition) is 1. The highest BCUT2D eigenvalue weighted by Crippen LogP contribution is 2.29. The summed E-state index contributed by atoms with van der Waals surface area (Å²) in [6, 6.07) is 10.9. The molecule has 0 radical (unpaired) electrons. The quantitative estimate of drug-likeness (QED) is 0.226. The van der Waals surface area contributed by atoms with E-state index in [9.17, 15) is 13.2 Å². The smallest absolute Gasteiger partial charge is 0.356 e. The predicted octanol–water partition coefficient (Wildman–Crippen LogP) is 4.01. The van der Waals surface area contributed by atoms with Crippen LogP contribution in [0.1, 0.15) is 23.4 Å². The highest BCUT2D eigenvalue weighted by molar-refractivity contribution is 14.0. The Balaban J connectivity index is 0.00000320. The van der Waals surface area contributed by atoms with E-state index in [-0.39, 0.29) is 24.0 Å². The monoisotopic (exact) mass is 532 g/mol. The van der Waals surface area contributed by atoms with Crippen LogP contribution in [0.25, 0.3) is 5.65 Å². The molecule has 0 atom stereocenters. The van der Waals surface area contributed by atoms with Crippen LogP contribution in [0.3, 0.4) is 0 Å². The Bertz CT molecular complexity index is 969. The zero-order valence-electron chi connectivity index (χ0n) is 16.7. The maximum Gasteiger partial charge on any atom is 0.416 e. The summed E-state index contributed by atoms with van der Waals surface area (Å²) >= 11 is 0. The van der Waals surface area contributed by atoms with E-state index >= 15 is 0 Å². The summed E-state index contributed by atoms with van der Waals surface area (Å²) in [7, 11) is 3.52. The molecule has 3 rings (SSSR count). The number of pyridine rings is 1. The van der Waals surface area contributed by atoms with Gasteiger partial charge in [0.15, 0.2) is 11.6 Å². The molecule has 0 aliphatic rings. The molecule has 2 aromatic heterocycles. The molecular formula is C20H24F3IN6. The van der Waals surface area contributed by atoms with E-state index in [1.807, 2.05) is 40.7 Å². The Morgan fingerprint density at radius 3 is 2.53 bits per heavy atom. The molecule has 0 saturated heterocycles. The number of rotatable bonds is 6. The van der Waals surface area contributed by atoms with E-state index < -0.39 is 11.7 Å². The Morgan fingerprint density at radius 2 is 1.87 bits per heavy atom. The van der Waals surface area contributed by atoms with Crippen LogP contribution in [0.5, 0.6) is 0 Å². The van der Waals surface area contributed by atoms with Crippen molar-refractivity contribution in [2.24, 2.45) is 4.99 Å². The molecule has 1 N–H and O–H groups in total. The maximum atomic E-state index is 12.7. The first-order valence-electron chi connectivity index (χ1n) is 9.25. The van der Waals surface area contributed by atoms with Gasteiger partial charge >= 0.3 is 6.18 Å². The van der Waals surface area contributed by atoms with Crippen molar-refractivity contribution in [3.8, 4) is 0 Å². The van der Waals surface area contributed by atoms with Crippen LogP contribution in [-0.4, -0.2) is 46.1 Å². The summed E-state index contributed by atoms with van der Waals surface area (Å²) in [6.07, 6.45) is -0.785. The third-order valence-corrected chi connectivity index (χ3v) is 4.52. The molecule has 162 valence electrons. The van der Waals surface area contributed by atoms with Crippen LogP contribution in [0.2, 0.25) is 0 Å². The average Bonchev–Trinajstić information content (AvgIpc) is 3.11. The Kier molecular flexibility index (Phi) is 8.44. The highest BCUT2D eigenvalue weighted by atomic mass is 127. The lowest BCUT2D eigenvalue weighted by Gasteiger charge is -2.22. The maximum absolute atomic E-state index is 12.7. The fraction of sp³-hybridized carbons (Fsp3) is 0.350. The summed E-state index contributed by atoms with van der Waals surface area (Å²) in [6.45, 7) is 1.14. The molecular weight excluding hydrogens is 508 g/mol. The minimum atomic E-state index is -4.32. The topological polar surface area (TPSA) is 57.8 Å². The number of guanidine groups is 1. The van der Waals surface area contributed by atoms with Gasteiger partial charge in [0, 0.05) is 39.8 Å². The van der Waals surface area contributed by atoms with Crippen molar-refractivity contribution < 1.29 is 13.2 Å². The third kappa shape index (κ3) is 6.07. The Morgan fingerprint density at radius 1 is 1.13 bits per heavy atom.